The number of carbonyl (C=O) groups is 2. The van der Waals surface area contributed by atoms with Crippen molar-refractivity contribution >= 4 is 17.4 Å². The van der Waals surface area contributed by atoms with Crippen molar-refractivity contribution in [3.8, 4) is 0 Å². The summed E-state index contributed by atoms with van der Waals surface area (Å²) < 4.78 is 32.2. The van der Waals surface area contributed by atoms with E-state index in [0.29, 0.717) is 5.56 Å². The Morgan fingerprint density at radius 3 is 2.50 bits per heavy atom. The van der Waals surface area contributed by atoms with Crippen LogP contribution in [0.3, 0.4) is 0 Å². The number of rotatable bonds is 4. The van der Waals surface area contributed by atoms with Gasteiger partial charge in [-0.1, -0.05) is 0 Å². The molecule has 0 bridgehead atoms. The number of hydrogen-bond donors (Lipinski definition) is 1. The number of halogens is 2. The van der Waals surface area contributed by atoms with Gasteiger partial charge in [0.05, 0.1) is 17.9 Å². The Morgan fingerprint density at radius 2 is 1.86 bits per heavy atom. The molecule has 0 spiro atoms. The molecule has 1 N–H and O–H groups in total. The molecule has 8 heteroatoms. The van der Waals surface area contributed by atoms with Crippen LogP contribution in [0.5, 0.6) is 0 Å². The summed E-state index contributed by atoms with van der Waals surface area (Å²) in [4.78, 5) is 30.6. The van der Waals surface area contributed by atoms with E-state index in [0.717, 1.165) is 17.0 Å². The summed E-state index contributed by atoms with van der Waals surface area (Å²) in [5.41, 5.74) is 0.211. The molecule has 6 nitrogen and oxygen atoms in total. The number of aliphatic hydroxyl groups is 1. The fraction of sp³-hybridized carbons (Fsp3) is 0.0500. The Labute approximate surface area is 157 Å². The molecule has 0 radical (unpaired) electrons. The maximum atomic E-state index is 13.8. The topological polar surface area (TPSA) is 83.6 Å². The highest BCUT2D eigenvalue weighted by Gasteiger charge is 2.45. The van der Waals surface area contributed by atoms with E-state index in [1.165, 1.54) is 36.9 Å². The number of amides is 1. The van der Waals surface area contributed by atoms with Crippen molar-refractivity contribution in [1.29, 1.82) is 0 Å². The lowest BCUT2D eigenvalue weighted by atomic mass is 9.95. The van der Waals surface area contributed by atoms with Gasteiger partial charge >= 0.3 is 0 Å². The zero-order chi connectivity index (χ0) is 19.8. The van der Waals surface area contributed by atoms with Crippen LogP contribution in [0.2, 0.25) is 0 Å². The van der Waals surface area contributed by atoms with Crippen LogP contribution >= 0.6 is 0 Å². The molecule has 3 heterocycles. The van der Waals surface area contributed by atoms with Gasteiger partial charge in [-0.25, -0.2) is 8.78 Å². The van der Waals surface area contributed by atoms with Crippen molar-refractivity contribution in [2.45, 2.75) is 6.04 Å². The van der Waals surface area contributed by atoms with Crippen LogP contribution in [-0.2, 0) is 4.79 Å². The number of furan rings is 1. The third kappa shape index (κ3) is 2.75. The number of nitrogens with zero attached hydrogens (tertiary/aromatic N) is 2. The Balaban J connectivity index is 1.89. The predicted octanol–water partition coefficient (Wildman–Crippen LogP) is 3.74. The van der Waals surface area contributed by atoms with Gasteiger partial charge in [0.1, 0.15) is 0 Å². The summed E-state index contributed by atoms with van der Waals surface area (Å²) in [7, 11) is 0. The molecule has 1 aliphatic heterocycles. The van der Waals surface area contributed by atoms with Gasteiger partial charge in [-0.2, -0.15) is 0 Å². The van der Waals surface area contributed by atoms with Gasteiger partial charge in [0.25, 0.3) is 5.91 Å². The number of aliphatic hydroxyl groups excluding tert-OH is 1. The summed E-state index contributed by atoms with van der Waals surface area (Å²) in [5.74, 6) is -4.71. The van der Waals surface area contributed by atoms with E-state index in [-0.39, 0.29) is 17.0 Å². The lowest BCUT2D eigenvalue weighted by Crippen LogP contribution is -2.31. The molecule has 3 aromatic rings. The van der Waals surface area contributed by atoms with Crippen LogP contribution in [0.4, 0.5) is 14.5 Å². The van der Waals surface area contributed by atoms with Gasteiger partial charge in [0.2, 0.25) is 5.78 Å². The van der Waals surface area contributed by atoms with Crippen LogP contribution < -0.4 is 4.90 Å². The highest BCUT2D eigenvalue weighted by atomic mass is 19.2. The molecular formula is C20H12F2N2O4. The summed E-state index contributed by atoms with van der Waals surface area (Å²) in [6.07, 6.45) is 4.19. The van der Waals surface area contributed by atoms with E-state index in [4.69, 9.17) is 4.42 Å². The second-order valence-electron chi connectivity index (χ2n) is 6.03. The molecule has 4 rings (SSSR count). The van der Waals surface area contributed by atoms with Crippen molar-refractivity contribution in [2.24, 2.45) is 0 Å². The van der Waals surface area contributed by atoms with Crippen LogP contribution in [0, 0.1) is 11.6 Å². The molecule has 1 aliphatic rings. The minimum Gasteiger partial charge on any atom is -0.503 e. The molecule has 0 saturated heterocycles. The standard InChI is InChI=1S/C20H12F2N2O4/c21-13-4-3-12(10-14(13)22)24-17(11-5-7-23-8-6-11)16(19(26)20(24)27)18(25)15-2-1-9-28-15/h1-10,17,26H. The molecule has 1 aromatic carbocycles. The first-order valence-corrected chi connectivity index (χ1v) is 8.19. The van der Waals surface area contributed by atoms with Crippen molar-refractivity contribution in [3.63, 3.8) is 0 Å². The minimum atomic E-state index is -1.16. The third-order valence-electron chi connectivity index (χ3n) is 4.40. The van der Waals surface area contributed by atoms with Gasteiger partial charge in [-0.3, -0.25) is 19.5 Å². The van der Waals surface area contributed by atoms with Gasteiger partial charge in [0, 0.05) is 24.1 Å². The minimum absolute atomic E-state index is 0.0143. The average molecular weight is 382 g/mol. The van der Waals surface area contributed by atoms with Crippen LogP contribution in [0.25, 0.3) is 0 Å². The summed E-state index contributed by atoms with van der Waals surface area (Å²) >= 11 is 0. The first kappa shape index (κ1) is 17.6. The lowest BCUT2D eigenvalue weighted by Gasteiger charge is -2.26. The second kappa shape index (κ2) is 6.73. The third-order valence-corrected chi connectivity index (χ3v) is 4.40. The normalized spacial score (nSPS) is 16.7. The molecule has 28 heavy (non-hydrogen) atoms. The second-order valence-corrected chi connectivity index (χ2v) is 6.03. The Hall–Kier alpha value is -3.81. The smallest absolute Gasteiger partial charge is 0.294 e. The number of pyridine rings is 1. The largest absolute Gasteiger partial charge is 0.503 e. The zero-order valence-corrected chi connectivity index (χ0v) is 14.2. The summed E-state index contributed by atoms with van der Waals surface area (Å²) in [6.45, 7) is 0. The van der Waals surface area contributed by atoms with Gasteiger partial charge in [-0.15, -0.1) is 0 Å². The number of benzene rings is 1. The average Bonchev–Trinajstić information content (AvgIpc) is 3.32. The molecule has 140 valence electrons. The molecule has 0 saturated carbocycles. The number of ketones is 1. The highest BCUT2D eigenvalue weighted by molar-refractivity contribution is 6.20. The first-order valence-electron chi connectivity index (χ1n) is 8.19. The number of carbonyl (C=O) groups excluding carboxylic acids is 2. The van der Waals surface area contributed by atoms with Gasteiger partial charge in [-0.05, 0) is 42.0 Å². The fourth-order valence-corrected chi connectivity index (χ4v) is 3.14. The molecule has 1 unspecified atom stereocenters. The fourth-order valence-electron chi connectivity index (χ4n) is 3.14. The SMILES string of the molecule is O=C(C1=C(O)C(=O)N(c2ccc(F)c(F)c2)C1c1ccncc1)c1ccco1. The Bertz CT molecular complexity index is 1090. The maximum Gasteiger partial charge on any atom is 0.294 e. The van der Waals surface area contributed by atoms with Crippen molar-refractivity contribution in [2.75, 3.05) is 4.90 Å². The number of hydrogen-bond acceptors (Lipinski definition) is 5. The molecule has 0 aliphatic carbocycles. The van der Waals surface area contributed by atoms with E-state index in [1.54, 1.807) is 12.1 Å². The predicted molar refractivity (Wildman–Crippen MR) is 93.5 cm³/mol. The summed E-state index contributed by atoms with van der Waals surface area (Å²) in [6, 6.07) is 7.82. The maximum absolute atomic E-state index is 13.8. The van der Waals surface area contributed by atoms with Crippen LogP contribution in [0.15, 0.2) is 76.9 Å². The Morgan fingerprint density at radius 1 is 1.11 bits per heavy atom. The monoisotopic (exact) mass is 382 g/mol. The molecule has 2 aromatic heterocycles. The lowest BCUT2D eigenvalue weighted by molar-refractivity contribution is -0.117. The van der Waals surface area contributed by atoms with Crippen molar-refractivity contribution in [3.05, 3.63) is 95.4 Å². The summed E-state index contributed by atoms with van der Waals surface area (Å²) in [5, 5.41) is 10.5. The molecule has 0 fully saturated rings. The van der Waals surface area contributed by atoms with Gasteiger partial charge < -0.3 is 9.52 Å². The van der Waals surface area contributed by atoms with E-state index in [9.17, 15) is 23.5 Å². The van der Waals surface area contributed by atoms with E-state index >= 15 is 0 Å². The number of anilines is 1. The van der Waals surface area contributed by atoms with E-state index in [2.05, 4.69) is 4.98 Å². The van der Waals surface area contributed by atoms with Crippen LogP contribution in [0.1, 0.15) is 22.2 Å². The number of Topliss-reactive ketones (excluding diaryl/α,β-unsaturated/α-hetero) is 1. The van der Waals surface area contributed by atoms with E-state index in [1.807, 2.05) is 0 Å². The Kier molecular flexibility index (Phi) is 4.23. The van der Waals surface area contributed by atoms with Gasteiger partial charge in [0.15, 0.2) is 23.2 Å². The zero-order valence-electron chi connectivity index (χ0n) is 14.2. The molecule has 1 amide bonds. The molecule has 1 atom stereocenters. The van der Waals surface area contributed by atoms with E-state index < -0.39 is 35.1 Å². The quantitative estimate of drug-likeness (QED) is 0.695. The highest BCUT2D eigenvalue weighted by Crippen LogP contribution is 2.42. The van der Waals surface area contributed by atoms with Crippen molar-refractivity contribution < 1.29 is 27.9 Å². The number of aromatic nitrogens is 1. The first-order chi connectivity index (χ1) is 13.5. The van der Waals surface area contributed by atoms with Crippen LogP contribution in [-0.4, -0.2) is 21.8 Å². The van der Waals surface area contributed by atoms with Crippen molar-refractivity contribution in [1.82, 2.24) is 4.98 Å². The molecular weight excluding hydrogens is 370 g/mol.